The van der Waals surface area contributed by atoms with E-state index in [4.69, 9.17) is 4.74 Å². The Labute approximate surface area is 140 Å². The number of esters is 1. The molecule has 0 saturated carbocycles. The predicted octanol–water partition coefficient (Wildman–Crippen LogP) is 3.62. The quantitative estimate of drug-likeness (QED) is 0.621. The fourth-order valence-corrected chi connectivity index (χ4v) is 2.47. The van der Waals surface area contributed by atoms with Crippen LogP contribution in [-0.4, -0.2) is 31.3 Å². The molecule has 5 heteroatoms. The van der Waals surface area contributed by atoms with Gasteiger partial charge in [-0.3, -0.25) is 4.79 Å². The third-order valence-corrected chi connectivity index (χ3v) is 4.17. The maximum Gasteiger partial charge on any atom is 0.338 e. The van der Waals surface area contributed by atoms with Gasteiger partial charge in [-0.05, 0) is 49.6 Å². The standard InChI is InChI=1S/C18H19NO3S/c1-13(17(20)19(2)15-7-5-4-6-8-15)22-18(21)14-9-11-16(23-3)12-10-14/h4-13H,1-3H3/t13-/m0/s1. The molecule has 1 amide bonds. The van der Waals surface area contributed by atoms with Crippen LogP contribution < -0.4 is 4.90 Å². The normalized spacial score (nSPS) is 11.6. The summed E-state index contributed by atoms with van der Waals surface area (Å²) in [7, 11) is 1.66. The molecule has 23 heavy (non-hydrogen) atoms. The van der Waals surface area contributed by atoms with Crippen molar-refractivity contribution >= 4 is 29.3 Å². The van der Waals surface area contributed by atoms with E-state index < -0.39 is 12.1 Å². The second kappa shape index (κ2) is 7.83. The molecule has 0 radical (unpaired) electrons. The minimum Gasteiger partial charge on any atom is -0.449 e. The van der Waals surface area contributed by atoms with Crippen molar-refractivity contribution in [2.24, 2.45) is 0 Å². The molecular weight excluding hydrogens is 310 g/mol. The molecule has 2 aromatic rings. The van der Waals surface area contributed by atoms with E-state index in [0.717, 1.165) is 10.6 Å². The average Bonchev–Trinajstić information content (AvgIpc) is 2.61. The summed E-state index contributed by atoms with van der Waals surface area (Å²) in [5, 5.41) is 0. The average molecular weight is 329 g/mol. The fourth-order valence-electron chi connectivity index (χ4n) is 2.06. The van der Waals surface area contributed by atoms with Crippen LogP contribution in [0.15, 0.2) is 59.5 Å². The molecular formula is C18H19NO3S. The van der Waals surface area contributed by atoms with Crippen LogP contribution in [0.3, 0.4) is 0 Å². The molecule has 0 saturated heterocycles. The van der Waals surface area contributed by atoms with Crippen LogP contribution in [0.2, 0.25) is 0 Å². The first kappa shape index (κ1) is 17.1. The summed E-state index contributed by atoms with van der Waals surface area (Å²) in [6.45, 7) is 1.58. The highest BCUT2D eigenvalue weighted by molar-refractivity contribution is 7.98. The van der Waals surface area contributed by atoms with E-state index in [1.54, 1.807) is 37.9 Å². The van der Waals surface area contributed by atoms with E-state index in [1.807, 2.05) is 48.7 Å². The zero-order valence-corrected chi connectivity index (χ0v) is 14.2. The highest BCUT2D eigenvalue weighted by atomic mass is 32.2. The number of anilines is 1. The lowest BCUT2D eigenvalue weighted by Crippen LogP contribution is -2.37. The van der Waals surface area contributed by atoms with Gasteiger partial charge in [-0.1, -0.05) is 18.2 Å². The highest BCUT2D eigenvalue weighted by Crippen LogP contribution is 2.17. The third kappa shape index (κ3) is 4.36. The molecule has 0 bridgehead atoms. The maximum absolute atomic E-state index is 12.4. The van der Waals surface area contributed by atoms with Crippen LogP contribution in [0.25, 0.3) is 0 Å². The predicted molar refractivity (Wildman–Crippen MR) is 93.0 cm³/mol. The lowest BCUT2D eigenvalue weighted by Gasteiger charge is -2.21. The second-order valence-corrected chi connectivity index (χ2v) is 5.89. The number of carbonyl (C=O) groups excluding carboxylic acids is 2. The Bertz CT molecular complexity index is 670. The van der Waals surface area contributed by atoms with Crippen LogP contribution in [0.1, 0.15) is 17.3 Å². The van der Waals surface area contributed by atoms with E-state index in [1.165, 1.54) is 4.90 Å². The number of hydrogen-bond donors (Lipinski definition) is 0. The van der Waals surface area contributed by atoms with Crippen molar-refractivity contribution < 1.29 is 14.3 Å². The van der Waals surface area contributed by atoms with Crippen LogP contribution in [0, 0.1) is 0 Å². The minimum atomic E-state index is -0.854. The van der Waals surface area contributed by atoms with E-state index >= 15 is 0 Å². The number of nitrogens with zero attached hydrogens (tertiary/aromatic N) is 1. The lowest BCUT2D eigenvalue weighted by atomic mass is 10.2. The summed E-state index contributed by atoms with van der Waals surface area (Å²) in [5.41, 5.74) is 1.19. The van der Waals surface area contributed by atoms with Crippen molar-refractivity contribution in [3.8, 4) is 0 Å². The number of ether oxygens (including phenoxy) is 1. The number of amides is 1. The maximum atomic E-state index is 12.4. The molecule has 1 atom stereocenters. The summed E-state index contributed by atoms with van der Waals surface area (Å²) in [5.74, 6) is -0.773. The van der Waals surface area contributed by atoms with Crippen LogP contribution in [-0.2, 0) is 9.53 Å². The molecule has 2 rings (SSSR count). The van der Waals surface area contributed by atoms with E-state index in [-0.39, 0.29) is 5.91 Å². The highest BCUT2D eigenvalue weighted by Gasteiger charge is 2.23. The van der Waals surface area contributed by atoms with Crippen molar-refractivity contribution in [1.29, 1.82) is 0 Å². The summed E-state index contributed by atoms with van der Waals surface area (Å²) in [6.07, 6.45) is 1.11. The summed E-state index contributed by atoms with van der Waals surface area (Å²) < 4.78 is 5.28. The van der Waals surface area contributed by atoms with Gasteiger partial charge in [0.2, 0.25) is 0 Å². The Hall–Kier alpha value is -2.27. The molecule has 120 valence electrons. The summed E-state index contributed by atoms with van der Waals surface area (Å²) in [4.78, 5) is 27.0. The van der Waals surface area contributed by atoms with Gasteiger partial charge in [0, 0.05) is 17.6 Å². The van der Waals surface area contributed by atoms with Gasteiger partial charge in [-0.2, -0.15) is 0 Å². The largest absolute Gasteiger partial charge is 0.449 e. The van der Waals surface area contributed by atoms with Gasteiger partial charge in [-0.25, -0.2) is 4.79 Å². The number of para-hydroxylation sites is 1. The number of hydrogen-bond acceptors (Lipinski definition) is 4. The van der Waals surface area contributed by atoms with Gasteiger partial charge in [0.05, 0.1) is 5.56 Å². The van der Waals surface area contributed by atoms with Crippen molar-refractivity contribution in [3.05, 3.63) is 60.2 Å². The molecule has 0 aliphatic heterocycles. The molecule has 0 aliphatic rings. The first-order valence-electron chi connectivity index (χ1n) is 7.20. The molecule has 0 fully saturated rings. The third-order valence-electron chi connectivity index (χ3n) is 3.43. The lowest BCUT2D eigenvalue weighted by molar-refractivity contribution is -0.126. The molecule has 0 aliphatic carbocycles. The fraction of sp³-hybridized carbons (Fsp3) is 0.222. The second-order valence-electron chi connectivity index (χ2n) is 5.01. The van der Waals surface area contributed by atoms with Crippen molar-refractivity contribution in [2.45, 2.75) is 17.9 Å². The van der Waals surface area contributed by atoms with Gasteiger partial charge >= 0.3 is 5.97 Å². The molecule has 0 unspecified atom stereocenters. The topological polar surface area (TPSA) is 46.6 Å². The van der Waals surface area contributed by atoms with E-state index in [0.29, 0.717) is 5.56 Å². The van der Waals surface area contributed by atoms with Crippen LogP contribution in [0.4, 0.5) is 5.69 Å². The first-order chi connectivity index (χ1) is 11.0. The van der Waals surface area contributed by atoms with E-state index in [2.05, 4.69) is 0 Å². The number of benzene rings is 2. The number of thioether (sulfide) groups is 1. The molecule has 0 heterocycles. The summed E-state index contributed by atoms with van der Waals surface area (Å²) >= 11 is 1.60. The SMILES string of the molecule is CSc1ccc(C(=O)O[C@@H](C)C(=O)N(C)c2ccccc2)cc1. The molecule has 2 aromatic carbocycles. The number of carbonyl (C=O) groups is 2. The van der Waals surface area contributed by atoms with E-state index in [9.17, 15) is 9.59 Å². The van der Waals surface area contributed by atoms with Crippen LogP contribution >= 0.6 is 11.8 Å². The van der Waals surface area contributed by atoms with Gasteiger partial charge in [0.1, 0.15) is 0 Å². The first-order valence-corrected chi connectivity index (χ1v) is 8.43. The minimum absolute atomic E-state index is 0.273. The number of rotatable bonds is 5. The van der Waals surface area contributed by atoms with Gasteiger partial charge < -0.3 is 9.64 Å². The molecule has 0 spiro atoms. The Balaban J connectivity index is 2.01. The molecule has 0 N–H and O–H groups in total. The van der Waals surface area contributed by atoms with Crippen molar-refractivity contribution in [3.63, 3.8) is 0 Å². The Morgan fingerprint density at radius 2 is 1.65 bits per heavy atom. The summed E-state index contributed by atoms with van der Waals surface area (Å²) in [6, 6.07) is 16.3. The van der Waals surface area contributed by atoms with Gasteiger partial charge in [0.15, 0.2) is 6.10 Å². The Kier molecular flexibility index (Phi) is 5.82. The molecule has 0 aromatic heterocycles. The van der Waals surface area contributed by atoms with Crippen molar-refractivity contribution in [2.75, 3.05) is 18.2 Å². The Morgan fingerprint density at radius 1 is 1.04 bits per heavy atom. The zero-order valence-electron chi connectivity index (χ0n) is 13.4. The van der Waals surface area contributed by atoms with Crippen LogP contribution in [0.5, 0.6) is 0 Å². The smallest absolute Gasteiger partial charge is 0.338 e. The number of likely N-dealkylation sites (N-methyl/N-ethyl adjacent to an activating group) is 1. The Morgan fingerprint density at radius 3 is 2.22 bits per heavy atom. The van der Waals surface area contributed by atoms with Gasteiger partial charge in [-0.15, -0.1) is 11.8 Å². The molecule has 4 nitrogen and oxygen atoms in total. The van der Waals surface area contributed by atoms with Crippen molar-refractivity contribution in [1.82, 2.24) is 0 Å². The zero-order chi connectivity index (χ0) is 16.8. The monoisotopic (exact) mass is 329 g/mol. The van der Waals surface area contributed by atoms with Gasteiger partial charge in [0.25, 0.3) is 5.91 Å².